The highest BCUT2D eigenvalue weighted by molar-refractivity contribution is 5.81. The van der Waals surface area contributed by atoms with E-state index in [1.807, 2.05) is 18.9 Å². The van der Waals surface area contributed by atoms with Crippen LogP contribution in [-0.4, -0.2) is 23.9 Å². The van der Waals surface area contributed by atoms with Crippen LogP contribution in [0.15, 0.2) is 0 Å². The lowest BCUT2D eigenvalue weighted by atomic mass is 9.86. The van der Waals surface area contributed by atoms with Gasteiger partial charge < -0.3 is 4.90 Å². The van der Waals surface area contributed by atoms with Gasteiger partial charge in [-0.2, -0.15) is 5.26 Å². The van der Waals surface area contributed by atoms with E-state index in [0.29, 0.717) is 18.4 Å². The molecule has 0 saturated heterocycles. The molecular formula is C13H22N2O. The molecule has 0 aromatic carbocycles. The second-order valence-electron chi connectivity index (χ2n) is 4.96. The fourth-order valence-corrected chi connectivity index (χ4v) is 2.50. The van der Waals surface area contributed by atoms with Crippen LogP contribution in [-0.2, 0) is 4.79 Å². The lowest BCUT2D eigenvalue weighted by Gasteiger charge is -2.35. The molecule has 3 unspecified atom stereocenters. The summed E-state index contributed by atoms with van der Waals surface area (Å²) in [7, 11) is 1.85. The van der Waals surface area contributed by atoms with Crippen molar-refractivity contribution in [3.05, 3.63) is 0 Å². The largest absolute Gasteiger partial charge is 0.342 e. The van der Waals surface area contributed by atoms with E-state index in [9.17, 15) is 4.79 Å². The monoisotopic (exact) mass is 222 g/mol. The molecule has 1 fully saturated rings. The maximum atomic E-state index is 12.0. The smallest absolute Gasteiger partial charge is 0.239 e. The maximum absolute atomic E-state index is 12.0. The zero-order chi connectivity index (χ0) is 12.1. The topological polar surface area (TPSA) is 44.1 Å². The van der Waals surface area contributed by atoms with Crippen molar-refractivity contribution < 1.29 is 4.79 Å². The number of hydrogen-bond acceptors (Lipinski definition) is 2. The van der Waals surface area contributed by atoms with Crippen LogP contribution in [0.25, 0.3) is 0 Å². The SMILES string of the molecule is CCC(C#N)C(=O)N(C)C1CCCC(C)C1. The first kappa shape index (κ1) is 13.0. The average Bonchev–Trinajstić information content (AvgIpc) is 2.29. The molecule has 1 aliphatic rings. The summed E-state index contributed by atoms with van der Waals surface area (Å²) in [6.45, 7) is 4.13. The molecule has 0 radical (unpaired) electrons. The van der Waals surface area contributed by atoms with Crippen molar-refractivity contribution in [3.8, 4) is 6.07 Å². The Morgan fingerprint density at radius 2 is 2.25 bits per heavy atom. The molecule has 1 saturated carbocycles. The second kappa shape index (κ2) is 5.89. The van der Waals surface area contributed by atoms with Crippen molar-refractivity contribution in [1.29, 1.82) is 5.26 Å². The summed E-state index contributed by atoms with van der Waals surface area (Å²) in [4.78, 5) is 13.8. The van der Waals surface area contributed by atoms with Gasteiger partial charge in [0, 0.05) is 13.1 Å². The first-order valence-electron chi connectivity index (χ1n) is 6.26. The van der Waals surface area contributed by atoms with E-state index >= 15 is 0 Å². The Morgan fingerprint density at radius 1 is 1.56 bits per heavy atom. The Bertz CT molecular complexity index is 282. The molecule has 0 heterocycles. The molecule has 3 atom stereocenters. The Labute approximate surface area is 98.4 Å². The highest BCUT2D eigenvalue weighted by Gasteiger charge is 2.28. The average molecular weight is 222 g/mol. The van der Waals surface area contributed by atoms with E-state index in [1.165, 1.54) is 12.8 Å². The van der Waals surface area contributed by atoms with Crippen molar-refractivity contribution in [2.24, 2.45) is 11.8 Å². The maximum Gasteiger partial charge on any atom is 0.239 e. The van der Waals surface area contributed by atoms with Gasteiger partial charge in [-0.25, -0.2) is 0 Å². The van der Waals surface area contributed by atoms with E-state index in [1.54, 1.807) is 0 Å². The predicted molar refractivity (Wildman–Crippen MR) is 63.6 cm³/mol. The molecular weight excluding hydrogens is 200 g/mol. The van der Waals surface area contributed by atoms with Crippen LogP contribution >= 0.6 is 0 Å². The van der Waals surface area contributed by atoms with Gasteiger partial charge in [0.05, 0.1) is 6.07 Å². The Hall–Kier alpha value is -1.04. The first-order chi connectivity index (χ1) is 7.60. The van der Waals surface area contributed by atoms with Crippen molar-refractivity contribution in [2.75, 3.05) is 7.05 Å². The van der Waals surface area contributed by atoms with Crippen LogP contribution in [0.2, 0.25) is 0 Å². The molecule has 0 N–H and O–H groups in total. The summed E-state index contributed by atoms with van der Waals surface area (Å²) < 4.78 is 0. The van der Waals surface area contributed by atoms with E-state index in [4.69, 9.17) is 5.26 Å². The van der Waals surface area contributed by atoms with Gasteiger partial charge >= 0.3 is 0 Å². The van der Waals surface area contributed by atoms with Crippen LogP contribution in [0.1, 0.15) is 46.0 Å². The van der Waals surface area contributed by atoms with Gasteiger partial charge in [-0.15, -0.1) is 0 Å². The first-order valence-corrected chi connectivity index (χ1v) is 6.26. The van der Waals surface area contributed by atoms with Gasteiger partial charge in [0.2, 0.25) is 5.91 Å². The van der Waals surface area contributed by atoms with E-state index in [2.05, 4.69) is 13.0 Å². The Kier molecular flexibility index (Phi) is 4.79. The number of nitrogens with zero attached hydrogens (tertiary/aromatic N) is 2. The van der Waals surface area contributed by atoms with Gasteiger partial charge in [-0.3, -0.25) is 4.79 Å². The summed E-state index contributed by atoms with van der Waals surface area (Å²) in [5, 5.41) is 8.90. The third kappa shape index (κ3) is 2.98. The van der Waals surface area contributed by atoms with Gasteiger partial charge in [0.15, 0.2) is 0 Å². The minimum absolute atomic E-state index is 0.00380. The van der Waals surface area contributed by atoms with Gasteiger partial charge in [0.1, 0.15) is 5.92 Å². The molecule has 16 heavy (non-hydrogen) atoms. The van der Waals surface area contributed by atoms with Crippen molar-refractivity contribution in [2.45, 2.75) is 52.0 Å². The van der Waals surface area contributed by atoms with E-state index in [0.717, 1.165) is 12.8 Å². The Balaban J connectivity index is 2.59. The minimum atomic E-state index is -0.456. The minimum Gasteiger partial charge on any atom is -0.342 e. The quantitative estimate of drug-likeness (QED) is 0.736. The number of hydrogen-bond donors (Lipinski definition) is 0. The summed E-state index contributed by atoms with van der Waals surface area (Å²) in [6.07, 6.45) is 5.27. The number of amides is 1. The predicted octanol–water partition coefficient (Wildman–Crippen LogP) is 2.57. The molecule has 3 heteroatoms. The molecule has 0 aliphatic heterocycles. The number of nitriles is 1. The fourth-order valence-electron chi connectivity index (χ4n) is 2.50. The van der Waals surface area contributed by atoms with Crippen molar-refractivity contribution >= 4 is 5.91 Å². The molecule has 1 aliphatic carbocycles. The standard InChI is InChI=1S/C13H22N2O/c1-4-11(9-14)13(16)15(3)12-7-5-6-10(2)8-12/h10-12H,4-8H2,1-3H3. The number of carbonyl (C=O) groups is 1. The van der Waals surface area contributed by atoms with Gasteiger partial charge in [-0.1, -0.05) is 26.7 Å². The van der Waals surface area contributed by atoms with Crippen LogP contribution in [0.4, 0.5) is 0 Å². The van der Waals surface area contributed by atoms with Crippen molar-refractivity contribution in [3.63, 3.8) is 0 Å². The van der Waals surface area contributed by atoms with Crippen LogP contribution in [0.5, 0.6) is 0 Å². The zero-order valence-corrected chi connectivity index (χ0v) is 10.6. The summed E-state index contributed by atoms with van der Waals surface area (Å²) >= 11 is 0. The molecule has 0 bridgehead atoms. The van der Waals surface area contributed by atoms with Crippen LogP contribution in [0, 0.1) is 23.2 Å². The molecule has 1 amide bonds. The highest BCUT2D eigenvalue weighted by Crippen LogP contribution is 2.27. The number of rotatable bonds is 3. The molecule has 0 aromatic rings. The Morgan fingerprint density at radius 3 is 2.75 bits per heavy atom. The van der Waals surface area contributed by atoms with E-state index < -0.39 is 5.92 Å². The molecule has 3 nitrogen and oxygen atoms in total. The van der Waals surface area contributed by atoms with Crippen LogP contribution in [0.3, 0.4) is 0 Å². The highest BCUT2D eigenvalue weighted by atomic mass is 16.2. The van der Waals surface area contributed by atoms with Gasteiger partial charge in [-0.05, 0) is 25.2 Å². The van der Waals surface area contributed by atoms with Crippen molar-refractivity contribution in [1.82, 2.24) is 4.90 Å². The molecule has 90 valence electrons. The lowest BCUT2D eigenvalue weighted by Crippen LogP contribution is -2.42. The lowest BCUT2D eigenvalue weighted by molar-refractivity contribution is -0.135. The fraction of sp³-hybridized carbons (Fsp3) is 0.846. The third-order valence-electron chi connectivity index (χ3n) is 3.67. The summed E-state index contributed by atoms with van der Waals surface area (Å²) in [5.74, 6) is 0.252. The summed E-state index contributed by atoms with van der Waals surface area (Å²) in [6, 6.07) is 2.44. The molecule has 0 aromatic heterocycles. The summed E-state index contributed by atoms with van der Waals surface area (Å²) in [5.41, 5.74) is 0. The zero-order valence-electron chi connectivity index (χ0n) is 10.6. The molecule has 0 spiro atoms. The normalized spacial score (nSPS) is 26.9. The third-order valence-corrected chi connectivity index (χ3v) is 3.67. The van der Waals surface area contributed by atoms with Crippen LogP contribution < -0.4 is 0 Å². The van der Waals surface area contributed by atoms with Gasteiger partial charge in [0.25, 0.3) is 0 Å². The number of carbonyl (C=O) groups excluding carboxylic acids is 1. The van der Waals surface area contributed by atoms with E-state index in [-0.39, 0.29) is 5.91 Å². The second-order valence-corrected chi connectivity index (χ2v) is 4.96. The molecule has 1 rings (SSSR count).